The average molecular weight is 229 g/mol. The molecule has 0 saturated heterocycles. The van der Waals surface area contributed by atoms with Gasteiger partial charge in [0, 0.05) is 17.2 Å². The third-order valence-corrected chi connectivity index (χ3v) is 2.01. The smallest absolute Gasteiger partial charge is 0.250 e. The number of hydrogen-bond acceptors (Lipinski definition) is 2. The van der Waals surface area contributed by atoms with Crippen molar-refractivity contribution in [2.75, 3.05) is 12.4 Å². The highest BCUT2D eigenvalue weighted by atomic mass is 79.9. The van der Waals surface area contributed by atoms with Gasteiger partial charge in [-0.3, -0.25) is 4.79 Å². The maximum atomic E-state index is 10.9. The largest absolute Gasteiger partial charge is 0.387 e. The van der Waals surface area contributed by atoms with E-state index in [1.807, 2.05) is 0 Å². The SMILES string of the molecule is CNc1cc(Br)ccc1C(N)=O. The number of rotatable bonds is 2. The summed E-state index contributed by atoms with van der Waals surface area (Å²) in [4.78, 5) is 10.9. The molecule has 0 spiro atoms. The van der Waals surface area contributed by atoms with Crippen LogP contribution in [0, 0.1) is 0 Å². The van der Waals surface area contributed by atoms with Gasteiger partial charge in [0.15, 0.2) is 0 Å². The van der Waals surface area contributed by atoms with Crippen LogP contribution < -0.4 is 11.1 Å². The first-order valence-corrected chi connectivity index (χ1v) is 4.21. The van der Waals surface area contributed by atoms with Crippen molar-refractivity contribution in [3.05, 3.63) is 28.2 Å². The highest BCUT2D eigenvalue weighted by molar-refractivity contribution is 9.10. The Balaban J connectivity index is 3.20. The van der Waals surface area contributed by atoms with Crippen LogP contribution in [0.1, 0.15) is 10.4 Å². The van der Waals surface area contributed by atoms with E-state index in [1.54, 1.807) is 25.2 Å². The van der Waals surface area contributed by atoms with Crippen LogP contribution >= 0.6 is 15.9 Å². The maximum Gasteiger partial charge on any atom is 0.250 e. The number of primary amides is 1. The Morgan fingerprint density at radius 2 is 2.25 bits per heavy atom. The van der Waals surface area contributed by atoms with Crippen molar-refractivity contribution in [3.8, 4) is 0 Å². The number of benzene rings is 1. The number of carbonyl (C=O) groups is 1. The van der Waals surface area contributed by atoms with Gasteiger partial charge in [-0.2, -0.15) is 0 Å². The number of anilines is 1. The fourth-order valence-corrected chi connectivity index (χ4v) is 1.30. The summed E-state index contributed by atoms with van der Waals surface area (Å²) in [6, 6.07) is 5.26. The predicted molar refractivity (Wildman–Crippen MR) is 52.2 cm³/mol. The van der Waals surface area contributed by atoms with Crippen LogP contribution in [0.5, 0.6) is 0 Å². The highest BCUT2D eigenvalue weighted by Gasteiger charge is 2.05. The zero-order valence-corrected chi connectivity index (χ0v) is 8.18. The molecule has 0 saturated carbocycles. The Labute approximate surface area is 79.1 Å². The minimum absolute atomic E-state index is 0.424. The number of amides is 1. The Morgan fingerprint density at radius 1 is 1.58 bits per heavy atom. The summed E-state index contributed by atoms with van der Waals surface area (Å²) in [6.45, 7) is 0. The standard InChI is InChI=1S/C8H9BrN2O/c1-11-7-4-5(9)2-3-6(7)8(10)12/h2-4,11H,1H3,(H2,10,12). The monoisotopic (exact) mass is 228 g/mol. The summed E-state index contributed by atoms with van der Waals surface area (Å²) in [5.41, 5.74) is 6.38. The number of carbonyl (C=O) groups excluding carboxylic acids is 1. The van der Waals surface area contributed by atoms with Crippen molar-refractivity contribution in [1.29, 1.82) is 0 Å². The van der Waals surface area contributed by atoms with Gasteiger partial charge in [-0.25, -0.2) is 0 Å². The summed E-state index contributed by atoms with van der Waals surface area (Å²) >= 11 is 3.29. The first-order chi connectivity index (χ1) is 5.65. The van der Waals surface area contributed by atoms with Gasteiger partial charge >= 0.3 is 0 Å². The maximum absolute atomic E-state index is 10.9. The van der Waals surface area contributed by atoms with Crippen LogP contribution in [0.3, 0.4) is 0 Å². The molecule has 1 aromatic rings. The molecule has 3 nitrogen and oxygen atoms in total. The molecule has 1 rings (SSSR count). The molecule has 0 bridgehead atoms. The molecule has 0 fully saturated rings. The fraction of sp³-hybridized carbons (Fsp3) is 0.125. The van der Waals surface area contributed by atoms with Crippen molar-refractivity contribution in [1.82, 2.24) is 0 Å². The van der Waals surface area contributed by atoms with E-state index < -0.39 is 5.91 Å². The van der Waals surface area contributed by atoms with E-state index in [9.17, 15) is 4.79 Å². The third kappa shape index (κ3) is 1.76. The molecule has 1 amide bonds. The molecule has 0 aliphatic heterocycles. The van der Waals surface area contributed by atoms with Crippen molar-refractivity contribution < 1.29 is 4.79 Å². The third-order valence-electron chi connectivity index (χ3n) is 1.52. The molecule has 0 unspecified atom stereocenters. The lowest BCUT2D eigenvalue weighted by Gasteiger charge is -2.05. The van der Waals surface area contributed by atoms with Gasteiger partial charge in [-0.1, -0.05) is 15.9 Å². The Bertz CT molecular complexity index is 312. The van der Waals surface area contributed by atoms with E-state index in [2.05, 4.69) is 21.2 Å². The molecule has 0 aromatic heterocycles. The minimum atomic E-state index is -0.424. The van der Waals surface area contributed by atoms with E-state index in [0.717, 1.165) is 10.2 Å². The lowest BCUT2D eigenvalue weighted by molar-refractivity contribution is 0.100. The zero-order valence-electron chi connectivity index (χ0n) is 6.60. The van der Waals surface area contributed by atoms with Crippen molar-refractivity contribution in [3.63, 3.8) is 0 Å². The number of halogens is 1. The van der Waals surface area contributed by atoms with Crippen LogP contribution in [0.2, 0.25) is 0 Å². The summed E-state index contributed by atoms with van der Waals surface area (Å²) in [6.07, 6.45) is 0. The average Bonchev–Trinajstić information content (AvgIpc) is 2.03. The second-order valence-corrected chi connectivity index (χ2v) is 3.22. The van der Waals surface area contributed by atoms with Crippen LogP contribution in [-0.2, 0) is 0 Å². The van der Waals surface area contributed by atoms with E-state index in [-0.39, 0.29) is 0 Å². The van der Waals surface area contributed by atoms with Crippen LogP contribution in [0.25, 0.3) is 0 Å². The van der Waals surface area contributed by atoms with Gasteiger partial charge in [0.2, 0.25) is 0 Å². The molecule has 0 radical (unpaired) electrons. The van der Waals surface area contributed by atoms with Crippen molar-refractivity contribution >= 4 is 27.5 Å². The quantitative estimate of drug-likeness (QED) is 0.808. The molecule has 0 aliphatic rings. The number of hydrogen-bond donors (Lipinski definition) is 2. The molecular formula is C8H9BrN2O. The molecule has 0 atom stereocenters. The van der Waals surface area contributed by atoms with Gasteiger partial charge in [0.05, 0.1) is 5.56 Å². The van der Waals surface area contributed by atoms with Crippen LogP contribution in [0.15, 0.2) is 22.7 Å². The first-order valence-electron chi connectivity index (χ1n) is 3.42. The van der Waals surface area contributed by atoms with Gasteiger partial charge in [-0.15, -0.1) is 0 Å². The Kier molecular flexibility index (Phi) is 2.70. The molecule has 12 heavy (non-hydrogen) atoms. The summed E-state index contributed by atoms with van der Waals surface area (Å²) < 4.78 is 0.914. The zero-order chi connectivity index (χ0) is 9.14. The first kappa shape index (κ1) is 9.06. The number of nitrogens with two attached hydrogens (primary N) is 1. The highest BCUT2D eigenvalue weighted by Crippen LogP contribution is 2.20. The van der Waals surface area contributed by atoms with E-state index in [1.165, 1.54) is 0 Å². The minimum Gasteiger partial charge on any atom is -0.387 e. The second kappa shape index (κ2) is 3.58. The van der Waals surface area contributed by atoms with Gasteiger partial charge in [0.25, 0.3) is 5.91 Å². The molecule has 64 valence electrons. The lowest BCUT2D eigenvalue weighted by Crippen LogP contribution is -2.13. The normalized spacial score (nSPS) is 9.50. The van der Waals surface area contributed by atoms with E-state index in [0.29, 0.717) is 5.56 Å². The molecule has 0 aliphatic carbocycles. The van der Waals surface area contributed by atoms with Gasteiger partial charge < -0.3 is 11.1 Å². The van der Waals surface area contributed by atoms with Crippen LogP contribution in [0.4, 0.5) is 5.69 Å². The Hall–Kier alpha value is -1.03. The van der Waals surface area contributed by atoms with E-state index >= 15 is 0 Å². The van der Waals surface area contributed by atoms with Crippen molar-refractivity contribution in [2.45, 2.75) is 0 Å². The van der Waals surface area contributed by atoms with Crippen molar-refractivity contribution in [2.24, 2.45) is 5.73 Å². The van der Waals surface area contributed by atoms with E-state index in [4.69, 9.17) is 5.73 Å². The van der Waals surface area contributed by atoms with Gasteiger partial charge in [0.1, 0.15) is 0 Å². The second-order valence-electron chi connectivity index (χ2n) is 2.30. The molecule has 3 N–H and O–H groups in total. The molecular weight excluding hydrogens is 220 g/mol. The topological polar surface area (TPSA) is 55.1 Å². The van der Waals surface area contributed by atoms with Gasteiger partial charge in [-0.05, 0) is 18.2 Å². The summed E-state index contributed by atoms with van der Waals surface area (Å²) in [7, 11) is 1.74. The molecule has 4 heteroatoms. The summed E-state index contributed by atoms with van der Waals surface area (Å²) in [5.74, 6) is -0.424. The predicted octanol–water partition coefficient (Wildman–Crippen LogP) is 1.59. The van der Waals surface area contributed by atoms with Crippen LogP contribution in [-0.4, -0.2) is 13.0 Å². The Morgan fingerprint density at radius 3 is 2.75 bits per heavy atom. The molecule has 0 heterocycles. The fourth-order valence-electron chi connectivity index (χ4n) is 0.938. The summed E-state index contributed by atoms with van der Waals surface area (Å²) in [5, 5.41) is 2.89. The lowest BCUT2D eigenvalue weighted by atomic mass is 10.2. The number of nitrogens with one attached hydrogen (secondary N) is 1. The molecule has 1 aromatic carbocycles.